The fourth-order valence-electron chi connectivity index (χ4n) is 2.13. The minimum Gasteiger partial charge on any atom is -0.459 e. The second kappa shape index (κ2) is 7.21. The quantitative estimate of drug-likeness (QED) is 0.355. The molecule has 0 saturated heterocycles. The highest BCUT2D eigenvalue weighted by molar-refractivity contribution is 6.02. The number of carbonyl (C=O) groups is 2. The summed E-state index contributed by atoms with van der Waals surface area (Å²) in [5.41, 5.74) is -1.42. The van der Waals surface area contributed by atoms with E-state index in [0.29, 0.717) is 5.56 Å². The zero-order valence-electron chi connectivity index (χ0n) is 15.7. The first-order valence-corrected chi connectivity index (χ1v) is 7.92. The third kappa shape index (κ3) is 6.17. The lowest BCUT2D eigenvalue weighted by Crippen LogP contribution is -2.35. The van der Waals surface area contributed by atoms with Crippen LogP contribution in [0.1, 0.15) is 58.6 Å². The number of nitro benzene ring substituents is 1. The van der Waals surface area contributed by atoms with Crippen LogP contribution in [-0.2, 0) is 19.1 Å². The molecule has 0 heterocycles. The van der Waals surface area contributed by atoms with Crippen LogP contribution in [0.15, 0.2) is 18.2 Å². The van der Waals surface area contributed by atoms with Crippen molar-refractivity contribution in [3.05, 3.63) is 39.4 Å². The van der Waals surface area contributed by atoms with Gasteiger partial charge in [-0.05, 0) is 54.0 Å². The molecule has 0 fully saturated rings. The van der Waals surface area contributed by atoms with Crippen molar-refractivity contribution in [2.24, 2.45) is 0 Å². The van der Waals surface area contributed by atoms with Crippen LogP contribution in [0.5, 0.6) is 0 Å². The molecule has 25 heavy (non-hydrogen) atoms. The molecule has 0 radical (unpaired) electrons. The first kappa shape index (κ1) is 20.6. The molecule has 0 saturated carbocycles. The van der Waals surface area contributed by atoms with Gasteiger partial charge in [0.25, 0.3) is 5.69 Å². The topological polar surface area (TPSA) is 95.7 Å². The second-order valence-electron chi connectivity index (χ2n) is 7.82. The number of rotatable bonds is 4. The van der Waals surface area contributed by atoms with Crippen molar-refractivity contribution in [1.29, 1.82) is 0 Å². The molecule has 0 aromatic heterocycles. The van der Waals surface area contributed by atoms with E-state index in [0.717, 1.165) is 0 Å². The summed E-state index contributed by atoms with van der Waals surface area (Å²) in [6.45, 7) is 11.6. The van der Waals surface area contributed by atoms with E-state index < -0.39 is 34.0 Å². The summed E-state index contributed by atoms with van der Waals surface area (Å²) in [5.74, 6) is -3.29. The molecular weight excluding hydrogens is 326 g/mol. The average molecular weight is 351 g/mol. The van der Waals surface area contributed by atoms with E-state index in [-0.39, 0.29) is 11.3 Å². The van der Waals surface area contributed by atoms with Crippen molar-refractivity contribution in [3.8, 4) is 0 Å². The Morgan fingerprint density at radius 2 is 1.44 bits per heavy atom. The summed E-state index contributed by atoms with van der Waals surface area (Å²) in [6.07, 6.45) is 0. The van der Waals surface area contributed by atoms with Gasteiger partial charge >= 0.3 is 11.9 Å². The van der Waals surface area contributed by atoms with E-state index in [9.17, 15) is 19.7 Å². The van der Waals surface area contributed by atoms with E-state index in [4.69, 9.17) is 9.47 Å². The van der Waals surface area contributed by atoms with E-state index in [1.54, 1.807) is 54.5 Å². The molecule has 0 N–H and O–H groups in total. The van der Waals surface area contributed by atoms with E-state index in [2.05, 4.69) is 0 Å². The molecule has 0 bridgehead atoms. The van der Waals surface area contributed by atoms with Gasteiger partial charge in [0.2, 0.25) is 0 Å². The first-order chi connectivity index (χ1) is 11.2. The maximum absolute atomic E-state index is 12.6. The Labute approximate surface area is 147 Å². The first-order valence-electron chi connectivity index (χ1n) is 7.92. The van der Waals surface area contributed by atoms with Crippen molar-refractivity contribution in [1.82, 2.24) is 0 Å². The number of aryl methyl sites for hydroxylation is 1. The summed E-state index contributed by atoms with van der Waals surface area (Å²) in [7, 11) is 0. The van der Waals surface area contributed by atoms with Crippen LogP contribution in [0.2, 0.25) is 0 Å². The Bertz CT molecular complexity index is 654. The highest BCUT2D eigenvalue weighted by Gasteiger charge is 2.40. The van der Waals surface area contributed by atoms with Crippen molar-refractivity contribution < 1.29 is 24.0 Å². The lowest BCUT2D eigenvalue weighted by Gasteiger charge is -2.26. The van der Waals surface area contributed by atoms with Gasteiger partial charge in [-0.3, -0.25) is 19.7 Å². The third-order valence-corrected chi connectivity index (χ3v) is 2.98. The van der Waals surface area contributed by atoms with E-state index >= 15 is 0 Å². The fraction of sp³-hybridized carbons (Fsp3) is 0.556. The van der Waals surface area contributed by atoms with Gasteiger partial charge in [-0.15, -0.1) is 0 Å². The Hall–Kier alpha value is -2.44. The van der Waals surface area contributed by atoms with Gasteiger partial charge in [0.15, 0.2) is 5.92 Å². The van der Waals surface area contributed by atoms with Crippen LogP contribution in [0.3, 0.4) is 0 Å². The summed E-state index contributed by atoms with van der Waals surface area (Å²) in [4.78, 5) is 36.0. The molecule has 0 atom stereocenters. The highest BCUT2D eigenvalue weighted by Crippen LogP contribution is 2.32. The van der Waals surface area contributed by atoms with Gasteiger partial charge in [-0.1, -0.05) is 12.1 Å². The number of nitrogens with zero attached hydrogens (tertiary/aromatic N) is 1. The van der Waals surface area contributed by atoms with E-state index in [1.165, 1.54) is 12.1 Å². The van der Waals surface area contributed by atoms with Crippen molar-refractivity contribution in [3.63, 3.8) is 0 Å². The number of nitro groups is 1. The molecule has 0 aliphatic carbocycles. The Kier molecular flexibility index (Phi) is 5.94. The number of esters is 2. The average Bonchev–Trinajstić information content (AvgIpc) is 2.36. The second-order valence-corrected chi connectivity index (χ2v) is 7.82. The monoisotopic (exact) mass is 351 g/mol. The van der Waals surface area contributed by atoms with Crippen LogP contribution >= 0.6 is 0 Å². The van der Waals surface area contributed by atoms with Crippen LogP contribution in [0, 0.1) is 17.0 Å². The maximum Gasteiger partial charge on any atom is 0.325 e. The predicted octanol–water partition coefficient (Wildman–Crippen LogP) is 3.67. The Morgan fingerprint density at radius 1 is 1.00 bits per heavy atom. The summed E-state index contributed by atoms with van der Waals surface area (Å²) in [5, 5.41) is 11.4. The highest BCUT2D eigenvalue weighted by atomic mass is 16.6. The molecule has 0 aliphatic rings. The molecule has 0 aliphatic heterocycles. The van der Waals surface area contributed by atoms with Crippen molar-refractivity contribution in [2.45, 2.75) is 65.6 Å². The van der Waals surface area contributed by atoms with Gasteiger partial charge in [0.1, 0.15) is 11.2 Å². The Balaban J connectivity index is 3.44. The number of carbonyl (C=O) groups excluding carboxylic acids is 2. The molecule has 0 unspecified atom stereocenters. The normalized spacial score (nSPS) is 12.0. The predicted molar refractivity (Wildman–Crippen MR) is 92.3 cm³/mol. The van der Waals surface area contributed by atoms with Gasteiger partial charge in [0.05, 0.1) is 10.5 Å². The van der Waals surface area contributed by atoms with Crippen LogP contribution in [0.4, 0.5) is 5.69 Å². The molecule has 0 amide bonds. The number of hydrogen-bond acceptors (Lipinski definition) is 6. The molecule has 0 spiro atoms. The van der Waals surface area contributed by atoms with Crippen molar-refractivity contribution >= 4 is 17.6 Å². The lowest BCUT2D eigenvalue weighted by atomic mass is 9.95. The molecule has 1 rings (SSSR count). The van der Waals surface area contributed by atoms with Crippen molar-refractivity contribution in [2.75, 3.05) is 0 Å². The molecule has 7 heteroatoms. The number of hydrogen-bond donors (Lipinski definition) is 0. The fourth-order valence-corrected chi connectivity index (χ4v) is 2.13. The largest absolute Gasteiger partial charge is 0.459 e. The molecular formula is C18H25NO6. The van der Waals surface area contributed by atoms with Gasteiger partial charge in [-0.25, -0.2) is 0 Å². The molecule has 138 valence electrons. The minimum absolute atomic E-state index is 0.0425. The molecule has 1 aromatic rings. The smallest absolute Gasteiger partial charge is 0.325 e. The Morgan fingerprint density at radius 3 is 1.80 bits per heavy atom. The van der Waals surface area contributed by atoms with Crippen LogP contribution < -0.4 is 0 Å². The van der Waals surface area contributed by atoms with Crippen LogP contribution in [-0.4, -0.2) is 28.1 Å². The summed E-state index contributed by atoms with van der Waals surface area (Å²) >= 11 is 0. The minimum atomic E-state index is -1.53. The van der Waals surface area contributed by atoms with E-state index in [1.807, 2.05) is 0 Å². The third-order valence-electron chi connectivity index (χ3n) is 2.98. The molecule has 7 nitrogen and oxygen atoms in total. The molecule has 1 aromatic carbocycles. The summed E-state index contributed by atoms with van der Waals surface area (Å²) in [6, 6.07) is 4.31. The standard InChI is InChI=1S/C18H25NO6/c1-11-8-9-12(13(10-11)19(22)23)14(15(20)24-17(2,3)4)16(21)25-18(5,6)7/h8-10,14H,1-7H3. The maximum atomic E-state index is 12.6. The summed E-state index contributed by atoms with van der Waals surface area (Å²) < 4.78 is 10.6. The zero-order valence-corrected chi connectivity index (χ0v) is 15.7. The lowest BCUT2D eigenvalue weighted by molar-refractivity contribution is -0.385. The SMILES string of the molecule is Cc1ccc(C(C(=O)OC(C)(C)C)C(=O)OC(C)(C)C)c([N+](=O)[O-])c1. The number of ether oxygens (including phenoxy) is 2. The van der Waals surface area contributed by atoms with Gasteiger partial charge < -0.3 is 9.47 Å². The number of benzene rings is 1. The van der Waals surface area contributed by atoms with Gasteiger partial charge in [0, 0.05) is 6.07 Å². The van der Waals surface area contributed by atoms with Gasteiger partial charge in [-0.2, -0.15) is 0 Å². The van der Waals surface area contributed by atoms with Crippen LogP contribution in [0.25, 0.3) is 0 Å². The zero-order chi connectivity index (χ0) is 19.6.